The van der Waals surface area contributed by atoms with Crippen molar-refractivity contribution in [2.24, 2.45) is 11.8 Å². The summed E-state index contributed by atoms with van der Waals surface area (Å²) >= 11 is 1.89. The molecule has 1 N–H and O–H groups in total. The van der Waals surface area contributed by atoms with Gasteiger partial charge in [0.1, 0.15) is 0 Å². The highest BCUT2D eigenvalue weighted by Crippen LogP contribution is 2.33. The summed E-state index contributed by atoms with van der Waals surface area (Å²) in [4.78, 5) is 8.70. The number of nitrogens with one attached hydrogen (secondary N) is 1. The van der Waals surface area contributed by atoms with E-state index in [2.05, 4.69) is 31.0 Å². The Labute approximate surface area is 120 Å². The van der Waals surface area contributed by atoms with E-state index in [-0.39, 0.29) is 0 Å². The number of aryl methyl sites for hydroxylation is 1. The van der Waals surface area contributed by atoms with Crippen molar-refractivity contribution >= 4 is 16.5 Å². The Bertz CT molecular complexity index is 437. The molecule has 2 aliphatic rings. The molecule has 4 heteroatoms. The van der Waals surface area contributed by atoms with Gasteiger partial charge in [-0.15, -0.1) is 11.3 Å². The molecule has 1 aliphatic carbocycles. The van der Waals surface area contributed by atoms with Crippen LogP contribution in [0.15, 0.2) is 0 Å². The third kappa shape index (κ3) is 3.11. The number of hydrogen-bond donors (Lipinski definition) is 1. The van der Waals surface area contributed by atoms with Crippen LogP contribution in [0.4, 0.5) is 5.13 Å². The molecule has 1 saturated carbocycles. The van der Waals surface area contributed by atoms with Crippen LogP contribution < -0.4 is 10.2 Å². The van der Waals surface area contributed by atoms with Gasteiger partial charge >= 0.3 is 0 Å². The van der Waals surface area contributed by atoms with Gasteiger partial charge in [-0.05, 0) is 38.0 Å². The second-order valence-electron chi connectivity index (χ2n) is 6.40. The molecule has 2 fully saturated rings. The summed E-state index contributed by atoms with van der Waals surface area (Å²) in [7, 11) is 0. The molecule has 1 unspecified atom stereocenters. The van der Waals surface area contributed by atoms with Crippen LogP contribution in [0.2, 0.25) is 0 Å². The normalized spacial score (nSPS) is 23.6. The quantitative estimate of drug-likeness (QED) is 0.897. The summed E-state index contributed by atoms with van der Waals surface area (Å²) in [6, 6.07) is 0.780. The molecule has 0 amide bonds. The molecule has 1 aliphatic heterocycles. The topological polar surface area (TPSA) is 28.2 Å². The Morgan fingerprint density at radius 2 is 2.16 bits per heavy atom. The SMILES string of the molecule is Cc1nc(N2CCC(C(C)C)C2)sc1CNC1CC1. The molecular formula is C15H25N3S. The van der Waals surface area contributed by atoms with E-state index in [0.717, 1.165) is 24.4 Å². The summed E-state index contributed by atoms with van der Waals surface area (Å²) in [6.07, 6.45) is 4.03. The Morgan fingerprint density at radius 1 is 1.37 bits per heavy atom. The second kappa shape index (κ2) is 5.41. The lowest BCUT2D eigenvalue weighted by molar-refractivity contribution is 0.422. The Morgan fingerprint density at radius 3 is 2.79 bits per heavy atom. The molecule has 2 heterocycles. The summed E-state index contributed by atoms with van der Waals surface area (Å²) in [5, 5.41) is 4.84. The fourth-order valence-corrected chi connectivity index (χ4v) is 3.79. The maximum atomic E-state index is 4.79. The number of thiazole rings is 1. The number of rotatable bonds is 5. The summed E-state index contributed by atoms with van der Waals surface area (Å²) in [5.41, 5.74) is 1.22. The molecule has 3 rings (SSSR count). The van der Waals surface area contributed by atoms with Crippen molar-refractivity contribution in [3.05, 3.63) is 10.6 Å². The van der Waals surface area contributed by atoms with Gasteiger partial charge in [0, 0.05) is 30.6 Å². The molecule has 1 atom stereocenters. The predicted octanol–water partition coefficient (Wildman–Crippen LogP) is 3.19. The van der Waals surface area contributed by atoms with Crippen LogP contribution in [-0.2, 0) is 6.54 Å². The van der Waals surface area contributed by atoms with Gasteiger partial charge in [-0.1, -0.05) is 13.8 Å². The molecular weight excluding hydrogens is 254 g/mol. The lowest BCUT2D eigenvalue weighted by atomic mass is 9.95. The zero-order chi connectivity index (χ0) is 13.4. The van der Waals surface area contributed by atoms with Crippen LogP contribution in [0.5, 0.6) is 0 Å². The lowest BCUT2D eigenvalue weighted by Crippen LogP contribution is -2.20. The Balaban J connectivity index is 1.63. The van der Waals surface area contributed by atoms with E-state index >= 15 is 0 Å². The summed E-state index contributed by atoms with van der Waals surface area (Å²) < 4.78 is 0. The number of hydrogen-bond acceptors (Lipinski definition) is 4. The maximum Gasteiger partial charge on any atom is 0.185 e. The van der Waals surface area contributed by atoms with Gasteiger partial charge in [-0.2, -0.15) is 0 Å². The second-order valence-corrected chi connectivity index (χ2v) is 7.46. The van der Waals surface area contributed by atoms with Gasteiger partial charge < -0.3 is 10.2 Å². The molecule has 1 saturated heterocycles. The van der Waals surface area contributed by atoms with Crippen LogP contribution in [0.25, 0.3) is 0 Å². The van der Waals surface area contributed by atoms with Gasteiger partial charge in [0.2, 0.25) is 0 Å². The number of nitrogens with zero attached hydrogens (tertiary/aromatic N) is 2. The first-order valence-electron chi connectivity index (χ1n) is 7.58. The van der Waals surface area contributed by atoms with Gasteiger partial charge in [0.05, 0.1) is 5.69 Å². The van der Waals surface area contributed by atoms with Crippen molar-refractivity contribution < 1.29 is 0 Å². The zero-order valence-electron chi connectivity index (χ0n) is 12.3. The molecule has 0 aromatic carbocycles. The van der Waals surface area contributed by atoms with Crippen LogP contribution in [0.1, 0.15) is 43.7 Å². The Kier molecular flexibility index (Phi) is 3.81. The zero-order valence-corrected chi connectivity index (χ0v) is 13.1. The molecule has 19 heavy (non-hydrogen) atoms. The first-order chi connectivity index (χ1) is 9.13. The van der Waals surface area contributed by atoms with E-state index in [1.807, 2.05) is 11.3 Å². The summed E-state index contributed by atoms with van der Waals surface area (Å²) in [5.74, 6) is 1.64. The van der Waals surface area contributed by atoms with E-state index in [0.29, 0.717) is 0 Å². The van der Waals surface area contributed by atoms with Crippen molar-refractivity contribution in [3.8, 4) is 0 Å². The fourth-order valence-electron chi connectivity index (χ4n) is 2.74. The van der Waals surface area contributed by atoms with E-state index in [1.165, 1.54) is 48.1 Å². The largest absolute Gasteiger partial charge is 0.348 e. The smallest absolute Gasteiger partial charge is 0.185 e. The van der Waals surface area contributed by atoms with E-state index in [4.69, 9.17) is 4.98 Å². The molecule has 0 bridgehead atoms. The average molecular weight is 279 g/mol. The standard InChI is InChI=1S/C15H25N3S/c1-10(2)12-6-7-18(9-12)15-17-11(3)14(19-15)8-16-13-4-5-13/h10,12-13,16H,4-9H2,1-3H3. The maximum absolute atomic E-state index is 4.79. The molecule has 106 valence electrons. The highest BCUT2D eigenvalue weighted by atomic mass is 32.1. The molecule has 0 radical (unpaired) electrons. The summed E-state index contributed by atoms with van der Waals surface area (Å²) in [6.45, 7) is 10.2. The van der Waals surface area contributed by atoms with Crippen molar-refractivity contribution in [1.29, 1.82) is 0 Å². The fraction of sp³-hybridized carbons (Fsp3) is 0.800. The minimum Gasteiger partial charge on any atom is -0.348 e. The monoisotopic (exact) mass is 279 g/mol. The number of anilines is 1. The van der Waals surface area contributed by atoms with Crippen LogP contribution >= 0.6 is 11.3 Å². The van der Waals surface area contributed by atoms with Crippen LogP contribution in [-0.4, -0.2) is 24.1 Å². The molecule has 3 nitrogen and oxygen atoms in total. The van der Waals surface area contributed by atoms with E-state index < -0.39 is 0 Å². The van der Waals surface area contributed by atoms with E-state index in [9.17, 15) is 0 Å². The van der Waals surface area contributed by atoms with Crippen molar-refractivity contribution in [1.82, 2.24) is 10.3 Å². The highest BCUT2D eigenvalue weighted by Gasteiger charge is 2.27. The van der Waals surface area contributed by atoms with Crippen molar-refractivity contribution in [2.75, 3.05) is 18.0 Å². The van der Waals surface area contributed by atoms with Gasteiger partial charge in [-0.3, -0.25) is 0 Å². The third-order valence-electron chi connectivity index (χ3n) is 4.45. The van der Waals surface area contributed by atoms with E-state index in [1.54, 1.807) is 0 Å². The molecule has 0 spiro atoms. The van der Waals surface area contributed by atoms with Gasteiger partial charge in [0.15, 0.2) is 5.13 Å². The first kappa shape index (κ1) is 13.4. The van der Waals surface area contributed by atoms with Gasteiger partial charge in [-0.25, -0.2) is 4.98 Å². The molecule has 1 aromatic heterocycles. The minimum atomic E-state index is 0.780. The van der Waals surface area contributed by atoms with Crippen molar-refractivity contribution in [3.63, 3.8) is 0 Å². The molecule has 1 aromatic rings. The Hall–Kier alpha value is -0.610. The van der Waals surface area contributed by atoms with Gasteiger partial charge in [0.25, 0.3) is 0 Å². The number of aromatic nitrogens is 1. The van der Waals surface area contributed by atoms with Crippen LogP contribution in [0.3, 0.4) is 0 Å². The third-order valence-corrected chi connectivity index (χ3v) is 5.67. The first-order valence-corrected chi connectivity index (χ1v) is 8.39. The predicted molar refractivity (Wildman–Crippen MR) is 81.9 cm³/mol. The van der Waals surface area contributed by atoms with Crippen LogP contribution in [0, 0.1) is 18.8 Å². The highest BCUT2D eigenvalue weighted by molar-refractivity contribution is 7.15. The minimum absolute atomic E-state index is 0.780. The average Bonchev–Trinajstić information content (AvgIpc) is 2.93. The van der Waals surface area contributed by atoms with Crippen molar-refractivity contribution in [2.45, 2.75) is 52.6 Å². The lowest BCUT2D eigenvalue weighted by Gasteiger charge is -2.16.